The minimum absolute atomic E-state index is 0.0947. The van der Waals surface area contributed by atoms with Crippen LogP contribution in [0.25, 0.3) is 0 Å². The van der Waals surface area contributed by atoms with Crippen molar-refractivity contribution in [2.75, 3.05) is 26.2 Å². The van der Waals surface area contributed by atoms with Crippen LogP contribution in [0, 0.1) is 6.92 Å². The fraction of sp³-hybridized carbons (Fsp3) is 0.471. The molecular formula is C17H23N5O2. The molecule has 0 radical (unpaired) electrons. The Morgan fingerprint density at radius 2 is 2.46 bits per heavy atom. The topological polar surface area (TPSA) is 83.1 Å². The predicted octanol–water partition coefficient (Wildman–Crippen LogP) is 1.13. The van der Waals surface area contributed by atoms with Crippen LogP contribution >= 0.6 is 0 Å². The van der Waals surface area contributed by atoms with Gasteiger partial charge in [-0.1, -0.05) is 0 Å². The number of H-pyrrole nitrogens is 1. The van der Waals surface area contributed by atoms with Crippen LogP contribution in [-0.4, -0.2) is 58.3 Å². The summed E-state index contributed by atoms with van der Waals surface area (Å²) in [6, 6.07) is 5.58. The molecule has 0 aliphatic carbocycles. The van der Waals surface area contributed by atoms with Crippen LogP contribution in [0.1, 0.15) is 28.2 Å². The van der Waals surface area contributed by atoms with Gasteiger partial charge in [0, 0.05) is 44.3 Å². The first-order valence-corrected chi connectivity index (χ1v) is 8.24. The van der Waals surface area contributed by atoms with Gasteiger partial charge in [0.2, 0.25) is 0 Å². The molecule has 1 unspecified atom stereocenters. The normalized spacial score (nSPS) is 18.5. The molecule has 1 saturated heterocycles. The third kappa shape index (κ3) is 4.62. The molecule has 7 nitrogen and oxygen atoms in total. The van der Waals surface area contributed by atoms with Crippen molar-refractivity contribution in [2.45, 2.75) is 26.0 Å². The highest BCUT2D eigenvalue weighted by molar-refractivity contribution is 5.93. The van der Waals surface area contributed by atoms with Gasteiger partial charge < -0.3 is 10.1 Å². The Labute approximate surface area is 141 Å². The highest BCUT2D eigenvalue weighted by atomic mass is 16.5. The molecule has 24 heavy (non-hydrogen) atoms. The fourth-order valence-electron chi connectivity index (χ4n) is 2.83. The Morgan fingerprint density at radius 3 is 3.21 bits per heavy atom. The molecule has 0 bridgehead atoms. The summed E-state index contributed by atoms with van der Waals surface area (Å²) in [4.78, 5) is 18.3. The van der Waals surface area contributed by atoms with E-state index < -0.39 is 0 Å². The quantitative estimate of drug-likeness (QED) is 0.830. The van der Waals surface area contributed by atoms with Gasteiger partial charge in [-0.05, 0) is 31.5 Å². The first kappa shape index (κ1) is 16.6. The van der Waals surface area contributed by atoms with Crippen LogP contribution in [0.15, 0.2) is 30.6 Å². The van der Waals surface area contributed by atoms with E-state index in [-0.39, 0.29) is 12.0 Å². The van der Waals surface area contributed by atoms with Gasteiger partial charge in [0.1, 0.15) is 0 Å². The number of amides is 1. The molecule has 3 heterocycles. The lowest BCUT2D eigenvalue weighted by Gasteiger charge is -2.32. The maximum absolute atomic E-state index is 12.0. The summed E-state index contributed by atoms with van der Waals surface area (Å²) in [5.41, 5.74) is 2.71. The Balaban J connectivity index is 1.41. The van der Waals surface area contributed by atoms with E-state index in [0.717, 1.165) is 37.4 Å². The molecule has 3 rings (SSSR count). The largest absolute Gasteiger partial charge is 0.375 e. The van der Waals surface area contributed by atoms with Crippen molar-refractivity contribution in [2.24, 2.45) is 0 Å². The van der Waals surface area contributed by atoms with Crippen LogP contribution in [0.2, 0.25) is 0 Å². The number of hydrogen-bond donors (Lipinski definition) is 2. The summed E-state index contributed by atoms with van der Waals surface area (Å²) in [6.07, 6.45) is 4.15. The average Bonchev–Trinajstić information content (AvgIpc) is 3.01. The van der Waals surface area contributed by atoms with Gasteiger partial charge in [-0.2, -0.15) is 5.10 Å². The minimum Gasteiger partial charge on any atom is -0.375 e. The number of morpholine rings is 1. The van der Waals surface area contributed by atoms with E-state index >= 15 is 0 Å². The van der Waals surface area contributed by atoms with Gasteiger partial charge in [0.15, 0.2) is 0 Å². The highest BCUT2D eigenvalue weighted by Gasteiger charge is 2.21. The lowest BCUT2D eigenvalue weighted by Crippen LogP contribution is -2.43. The van der Waals surface area contributed by atoms with E-state index in [0.29, 0.717) is 18.7 Å². The van der Waals surface area contributed by atoms with Crippen molar-refractivity contribution < 1.29 is 9.53 Å². The number of carbonyl (C=O) groups is 1. The zero-order chi connectivity index (χ0) is 16.8. The van der Waals surface area contributed by atoms with E-state index in [4.69, 9.17) is 4.74 Å². The SMILES string of the molecule is Cc1cc(CN2CCOC(CCNC(=O)c3cccnc3)C2)n[nH]1. The molecule has 2 aromatic rings. The molecule has 0 aromatic carbocycles. The number of hydrogen-bond acceptors (Lipinski definition) is 5. The number of nitrogens with one attached hydrogen (secondary N) is 2. The number of nitrogens with zero attached hydrogens (tertiary/aromatic N) is 3. The number of ether oxygens (including phenoxy) is 1. The van der Waals surface area contributed by atoms with Gasteiger partial charge in [0.25, 0.3) is 5.91 Å². The van der Waals surface area contributed by atoms with E-state index in [1.807, 2.05) is 6.92 Å². The Hall–Kier alpha value is -2.25. The van der Waals surface area contributed by atoms with Gasteiger partial charge in [0.05, 0.1) is 24.0 Å². The summed E-state index contributed by atoms with van der Waals surface area (Å²) < 4.78 is 5.81. The number of aryl methyl sites for hydroxylation is 1. The Morgan fingerprint density at radius 1 is 1.54 bits per heavy atom. The second-order valence-electron chi connectivity index (χ2n) is 6.06. The zero-order valence-corrected chi connectivity index (χ0v) is 13.9. The predicted molar refractivity (Wildman–Crippen MR) is 89.5 cm³/mol. The van der Waals surface area contributed by atoms with Crippen molar-refractivity contribution >= 4 is 5.91 Å². The molecule has 2 N–H and O–H groups in total. The molecular weight excluding hydrogens is 306 g/mol. The van der Waals surface area contributed by atoms with E-state index in [2.05, 4.69) is 31.5 Å². The number of aromatic nitrogens is 3. The summed E-state index contributed by atoms with van der Waals surface area (Å²) in [7, 11) is 0. The molecule has 7 heteroatoms. The van der Waals surface area contributed by atoms with Crippen molar-refractivity contribution in [3.05, 3.63) is 47.5 Å². The first-order valence-electron chi connectivity index (χ1n) is 8.24. The maximum atomic E-state index is 12.0. The Kier molecular flexibility index (Phi) is 5.55. The van der Waals surface area contributed by atoms with Crippen LogP contribution in [0.5, 0.6) is 0 Å². The lowest BCUT2D eigenvalue weighted by molar-refractivity contribution is -0.0345. The van der Waals surface area contributed by atoms with Crippen LogP contribution in [0.4, 0.5) is 0 Å². The van der Waals surface area contributed by atoms with Gasteiger partial charge in [-0.3, -0.25) is 19.8 Å². The molecule has 0 spiro atoms. The number of rotatable bonds is 6. The molecule has 1 aliphatic rings. The number of aromatic amines is 1. The van der Waals surface area contributed by atoms with Crippen molar-refractivity contribution in [3.63, 3.8) is 0 Å². The van der Waals surface area contributed by atoms with Gasteiger partial charge >= 0.3 is 0 Å². The zero-order valence-electron chi connectivity index (χ0n) is 13.9. The van der Waals surface area contributed by atoms with Crippen LogP contribution in [-0.2, 0) is 11.3 Å². The average molecular weight is 329 g/mol. The third-order valence-electron chi connectivity index (χ3n) is 4.04. The Bertz CT molecular complexity index is 658. The molecule has 1 aliphatic heterocycles. The van der Waals surface area contributed by atoms with Gasteiger partial charge in [-0.15, -0.1) is 0 Å². The lowest BCUT2D eigenvalue weighted by atomic mass is 10.2. The standard InChI is InChI=1S/C17H23N5O2/c1-13-9-15(21-20-13)11-22-7-8-24-16(12-22)4-6-19-17(23)14-3-2-5-18-10-14/h2-3,5,9-10,16H,4,6-8,11-12H2,1H3,(H,19,23)(H,20,21). The molecule has 1 atom stereocenters. The summed E-state index contributed by atoms with van der Waals surface area (Å²) in [5, 5.41) is 10.2. The van der Waals surface area contributed by atoms with E-state index in [1.54, 1.807) is 24.5 Å². The highest BCUT2D eigenvalue weighted by Crippen LogP contribution is 2.12. The third-order valence-corrected chi connectivity index (χ3v) is 4.04. The molecule has 2 aromatic heterocycles. The minimum atomic E-state index is -0.0947. The smallest absolute Gasteiger partial charge is 0.252 e. The second-order valence-corrected chi connectivity index (χ2v) is 6.06. The first-order chi connectivity index (χ1) is 11.7. The molecule has 0 saturated carbocycles. The molecule has 1 amide bonds. The van der Waals surface area contributed by atoms with E-state index in [9.17, 15) is 4.79 Å². The second kappa shape index (κ2) is 8.03. The van der Waals surface area contributed by atoms with Gasteiger partial charge in [-0.25, -0.2) is 0 Å². The monoisotopic (exact) mass is 329 g/mol. The summed E-state index contributed by atoms with van der Waals surface area (Å²) >= 11 is 0. The number of pyridine rings is 1. The van der Waals surface area contributed by atoms with Crippen molar-refractivity contribution in [1.82, 2.24) is 25.4 Å². The van der Waals surface area contributed by atoms with Crippen LogP contribution in [0.3, 0.4) is 0 Å². The summed E-state index contributed by atoms with van der Waals surface area (Å²) in [6.45, 7) is 5.90. The maximum Gasteiger partial charge on any atom is 0.252 e. The molecule has 128 valence electrons. The number of carbonyl (C=O) groups excluding carboxylic acids is 1. The van der Waals surface area contributed by atoms with Crippen LogP contribution < -0.4 is 5.32 Å². The summed E-state index contributed by atoms with van der Waals surface area (Å²) in [5.74, 6) is -0.0947. The van der Waals surface area contributed by atoms with Crippen molar-refractivity contribution in [1.29, 1.82) is 0 Å². The van der Waals surface area contributed by atoms with E-state index in [1.165, 1.54) is 0 Å². The molecule has 1 fully saturated rings. The van der Waals surface area contributed by atoms with Crippen molar-refractivity contribution in [3.8, 4) is 0 Å². The fourth-order valence-corrected chi connectivity index (χ4v) is 2.83.